The molecule has 0 amide bonds. The molecule has 0 radical (unpaired) electrons. The first kappa shape index (κ1) is 8.00. The van der Waals surface area contributed by atoms with Crippen LogP contribution in [0.5, 0.6) is 5.75 Å². The number of phenolic OH excluding ortho intramolecular Hbond substituents is 1. The van der Waals surface area contributed by atoms with Crippen LogP contribution >= 0.6 is 11.5 Å². The third-order valence-corrected chi connectivity index (χ3v) is 2.49. The molecule has 1 heterocycles. The minimum atomic E-state index is -1.12. The van der Waals surface area contributed by atoms with Gasteiger partial charge < -0.3 is 10.2 Å². The summed E-state index contributed by atoms with van der Waals surface area (Å²) in [6.07, 6.45) is 0. The number of phenols is 1. The van der Waals surface area contributed by atoms with Crippen LogP contribution in [0.1, 0.15) is 10.5 Å². The smallest absolute Gasteiger partial charge is 0.356 e. The average molecular weight is 195 g/mol. The van der Waals surface area contributed by atoms with Crippen molar-refractivity contribution in [3.63, 3.8) is 0 Å². The second-order valence-corrected chi connectivity index (χ2v) is 3.29. The van der Waals surface area contributed by atoms with Crippen molar-refractivity contribution in [2.45, 2.75) is 0 Å². The maximum atomic E-state index is 10.7. The van der Waals surface area contributed by atoms with Crippen LogP contribution in [0.25, 0.3) is 10.1 Å². The number of aromatic nitrogens is 1. The van der Waals surface area contributed by atoms with E-state index in [1.807, 2.05) is 0 Å². The number of aromatic hydroxyl groups is 1. The highest BCUT2D eigenvalue weighted by molar-refractivity contribution is 7.13. The largest absolute Gasteiger partial charge is 0.507 e. The fourth-order valence-corrected chi connectivity index (χ4v) is 1.91. The summed E-state index contributed by atoms with van der Waals surface area (Å²) >= 11 is 1.07. The van der Waals surface area contributed by atoms with Crippen LogP contribution in [0.3, 0.4) is 0 Å². The monoisotopic (exact) mass is 195 g/mol. The molecular formula is C8H5NO3S. The number of hydrogen-bond acceptors (Lipinski definition) is 4. The molecule has 0 bridgehead atoms. The van der Waals surface area contributed by atoms with E-state index >= 15 is 0 Å². The molecule has 13 heavy (non-hydrogen) atoms. The molecule has 0 aliphatic carbocycles. The summed E-state index contributed by atoms with van der Waals surface area (Å²) < 4.78 is 4.42. The third-order valence-electron chi connectivity index (χ3n) is 1.68. The van der Waals surface area contributed by atoms with E-state index in [1.54, 1.807) is 12.1 Å². The Balaban J connectivity index is 2.86. The molecule has 0 saturated heterocycles. The Morgan fingerprint density at radius 3 is 2.92 bits per heavy atom. The molecule has 0 fully saturated rings. The maximum absolute atomic E-state index is 10.7. The minimum absolute atomic E-state index is 0.0383. The van der Waals surface area contributed by atoms with E-state index in [9.17, 15) is 9.90 Å². The van der Waals surface area contributed by atoms with E-state index in [-0.39, 0.29) is 11.4 Å². The minimum Gasteiger partial charge on any atom is -0.507 e. The normalized spacial score (nSPS) is 10.5. The lowest BCUT2D eigenvalue weighted by atomic mass is 10.2. The summed E-state index contributed by atoms with van der Waals surface area (Å²) in [5.74, 6) is -1.16. The van der Waals surface area contributed by atoms with Crippen molar-refractivity contribution in [3.05, 3.63) is 23.9 Å². The Morgan fingerprint density at radius 1 is 1.46 bits per heavy atom. The average Bonchev–Trinajstić information content (AvgIpc) is 2.49. The van der Waals surface area contributed by atoms with Gasteiger partial charge in [-0.05, 0) is 23.7 Å². The molecule has 66 valence electrons. The molecule has 2 aromatic rings. The SMILES string of the molecule is O=C(O)c1nsc2cccc(O)c12. The number of carboxylic acid groups (broad SMARTS) is 1. The maximum Gasteiger partial charge on any atom is 0.356 e. The molecule has 0 atom stereocenters. The molecule has 1 aromatic heterocycles. The molecule has 0 saturated carbocycles. The van der Waals surface area contributed by atoms with Crippen LogP contribution < -0.4 is 0 Å². The number of aromatic carboxylic acids is 1. The van der Waals surface area contributed by atoms with Crippen molar-refractivity contribution in [1.29, 1.82) is 0 Å². The molecule has 5 heteroatoms. The summed E-state index contributed by atoms with van der Waals surface area (Å²) in [4.78, 5) is 10.7. The molecule has 2 rings (SSSR count). The predicted octanol–water partition coefficient (Wildman–Crippen LogP) is 1.70. The van der Waals surface area contributed by atoms with Gasteiger partial charge in [-0.2, -0.15) is 4.37 Å². The molecular weight excluding hydrogens is 190 g/mol. The van der Waals surface area contributed by atoms with Gasteiger partial charge >= 0.3 is 5.97 Å². The van der Waals surface area contributed by atoms with E-state index in [1.165, 1.54) is 6.07 Å². The lowest BCUT2D eigenvalue weighted by molar-refractivity contribution is 0.0694. The molecule has 2 N–H and O–H groups in total. The van der Waals surface area contributed by atoms with Gasteiger partial charge in [0.2, 0.25) is 0 Å². The van der Waals surface area contributed by atoms with E-state index < -0.39 is 5.97 Å². The van der Waals surface area contributed by atoms with Crippen molar-refractivity contribution < 1.29 is 15.0 Å². The van der Waals surface area contributed by atoms with Crippen molar-refractivity contribution >= 4 is 27.6 Å². The van der Waals surface area contributed by atoms with Crippen molar-refractivity contribution in [2.24, 2.45) is 0 Å². The van der Waals surface area contributed by atoms with Crippen LogP contribution in [0, 0.1) is 0 Å². The Kier molecular flexibility index (Phi) is 1.66. The molecule has 0 aliphatic heterocycles. The number of nitrogens with zero attached hydrogens (tertiary/aromatic N) is 1. The zero-order chi connectivity index (χ0) is 9.42. The quantitative estimate of drug-likeness (QED) is 0.726. The number of rotatable bonds is 1. The zero-order valence-corrected chi connectivity index (χ0v) is 7.21. The van der Waals surface area contributed by atoms with Crippen LogP contribution in [0.15, 0.2) is 18.2 Å². The topological polar surface area (TPSA) is 70.4 Å². The van der Waals surface area contributed by atoms with Crippen LogP contribution in [0.4, 0.5) is 0 Å². The first-order valence-corrected chi connectivity index (χ1v) is 4.28. The Hall–Kier alpha value is -1.62. The highest BCUT2D eigenvalue weighted by atomic mass is 32.1. The number of carboxylic acids is 1. The van der Waals surface area contributed by atoms with Crippen LogP contribution in [0.2, 0.25) is 0 Å². The lowest BCUT2D eigenvalue weighted by Gasteiger charge is -1.93. The summed E-state index contributed by atoms with van der Waals surface area (Å²) in [7, 11) is 0. The number of hydrogen-bond donors (Lipinski definition) is 2. The van der Waals surface area contributed by atoms with Gasteiger partial charge in [-0.3, -0.25) is 0 Å². The van der Waals surface area contributed by atoms with Crippen molar-refractivity contribution in [3.8, 4) is 5.75 Å². The van der Waals surface area contributed by atoms with Crippen molar-refractivity contribution in [1.82, 2.24) is 4.37 Å². The van der Waals surface area contributed by atoms with Gasteiger partial charge in [0.1, 0.15) is 5.75 Å². The highest BCUT2D eigenvalue weighted by Crippen LogP contribution is 2.30. The van der Waals surface area contributed by atoms with Gasteiger partial charge in [-0.25, -0.2) is 4.79 Å². The van der Waals surface area contributed by atoms with E-state index in [0.717, 1.165) is 11.5 Å². The summed E-state index contributed by atoms with van der Waals surface area (Å²) in [5, 5.41) is 18.4. The molecule has 1 aromatic carbocycles. The Bertz CT molecular complexity index is 477. The van der Waals surface area contributed by atoms with Gasteiger partial charge in [0, 0.05) is 0 Å². The summed E-state index contributed by atoms with van der Waals surface area (Å²) in [5.41, 5.74) is -0.0851. The van der Waals surface area contributed by atoms with E-state index in [0.29, 0.717) is 10.1 Å². The third kappa shape index (κ3) is 1.13. The molecule has 0 unspecified atom stereocenters. The first-order chi connectivity index (χ1) is 6.20. The number of benzene rings is 1. The number of carbonyl (C=O) groups is 1. The van der Waals surface area contributed by atoms with E-state index in [4.69, 9.17) is 5.11 Å². The van der Waals surface area contributed by atoms with Gasteiger partial charge in [-0.15, -0.1) is 0 Å². The van der Waals surface area contributed by atoms with Crippen molar-refractivity contribution in [2.75, 3.05) is 0 Å². The molecule has 0 spiro atoms. The first-order valence-electron chi connectivity index (χ1n) is 3.51. The second kappa shape index (κ2) is 2.70. The molecule has 0 aliphatic rings. The Morgan fingerprint density at radius 2 is 2.23 bits per heavy atom. The number of fused-ring (bicyclic) bond motifs is 1. The fraction of sp³-hybridized carbons (Fsp3) is 0. The second-order valence-electron chi connectivity index (χ2n) is 2.49. The van der Waals surface area contributed by atoms with Gasteiger partial charge in [-0.1, -0.05) is 6.07 Å². The van der Waals surface area contributed by atoms with Crippen LogP contribution in [-0.2, 0) is 0 Å². The predicted molar refractivity (Wildman–Crippen MR) is 48.2 cm³/mol. The van der Waals surface area contributed by atoms with Gasteiger partial charge in [0.25, 0.3) is 0 Å². The molecule has 4 nitrogen and oxygen atoms in total. The summed E-state index contributed by atoms with van der Waals surface area (Å²) in [6.45, 7) is 0. The standard InChI is InChI=1S/C8H5NO3S/c10-4-2-1-3-5-6(4)7(8(11)12)9-13-5/h1-3,10H,(H,11,12). The van der Waals surface area contributed by atoms with E-state index in [2.05, 4.69) is 4.37 Å². The van der Waals surface area contributed by atoms with Gasteiger partial charge in [0.15, 0.2) is 5.69 Å². The fourth-order valence-electron chi connectivity index (χ4n) is 1.12. The zero-order valence-electron chi connectivity index (χ0n) is 6.39. The summed E-state index contributed by atoms with van der Waals surface area (Å²) in [6, 6.07) is 4.82. The van der Waals surface area contributed by atoms with Gasteiger partial charge in [0.05, 0.1) is 10.1 Å². The van der Waals surface area contributed by atoms with Crippen LogP contribution in [-0.4, -0.2) is 20.6 Å². The Labute approximate surface area is 77.2 Å². The highest BCUT2D eigenvalue weighted by Gasteiger charge is 2.15. The lowest BCUT2D eigenvalue weighted by Crippen LogP contribution is -1.96.